The molecular formula is C12H19NO4. The minimum absolute atomic E-state index is 0.0938. The van der Waals surface area contributed by atoms with E-state index in [0.717, 1.165) is 25.7 Å². The molecule has 0 saturated carbocycles. The standard InChI is InChI=1S/C12H19NO4/c14-11(15)8-9-3-5-13(6-4-9)12(16)10-2-1-7-17-10/h9-10H,1-8H2,(H,14,15)/t10-/m1/s1. The number of rotatable bonds is 3. The maximum absolute atomic E-state index is 12.0. The molecule has 96 valence electrons. The second kappa shape index (κ2) is 5.49. The number of nitrogens with zero attached hydrogens (tertiary/aromatic N) is 1. The quantitative estimate of drug-likeness (QED) is 0.796. The number of hydrogen-bond acceptors (Lipinski definition) is 3. The Morgan fingerprint density at radius 1 is 1.24 bits per heavy atom. The maximum Gasteiger partial charge on any atom is 0.303 e. The van der Waals surface area contributed by atoms with E-state index in [1.54, 1.807) is 0 Å². The first-order valence-electron chi connectivity index (χ1n) is 6.29. The summed E-state index contributed by atoms with van der Waals surface area (Å²) in [6.07, 6.45) is 3.36. The summed E-state index contributed by atoms with van der Waals surface area (Å²) >= 11 is 0. The van der Waals surface area contributed by atoms with Gasteiger partial charge in [-0.05, 0) is 31.6 Å². The summed E-state index contributed by atoms with van der Waals surface area (Å²) in [4.78, 5) is 24.4. The Labute approximate surface area is 101 Å². The van der Waals surface area contributed by atoms with Gasteiger partial charge >= 0.3 is 5.97 Å². The predicted molar refractivity (Wildman–Crippen MR) is 60.5 cm³/mol. The minimum atomic E-state index is -0.742. The molecule has 2 rings (SSSR count). The molecule has 0 bridgehead atoms. The number of ether oxygens (including phenoxy) is 1. The number of carbonyl (C=O) groups excluding carboxylic acids is 1. The molecule has 0 aliphatic carbocycles. The largest absolute Gasteiger partial charge is 0.481 e. The van der Waals surface area contributed by atoms with Gasteiger partial charge in [-0.3, -0.25) is 9.59 Å². The average Bonchev–Trinajstić information content (AvgIpc) is 2.82. The van der Waals surface area contributed by atoms with Crippen molar-refractivity contribution in [2.24, 2.45) is 5.92 Å². The molecule has 1 atom stereocenters. The lowest BCUT2D eigenvalue weighted by atomic mass is 9.93. The van der Waals surface area contributed by atoms with Gasteiger partial charge in [0, 0.05) is 26.1 Å². The lowest BCUT2D eigenvalue weighted by Crippen LogP contribution is -2.43. The Morgan fingerprint density at radius 2 is 1.94 bits per heavy atom. The van der Waals surface area contributed by atoms with Crippen LogP contribution in [-0.2, 0) is 14.3 Å². The molecule has 1 amide bonds. The molecule has 2 heterocycles. The van der Waals surface area contributed by atoms with Crippen LogP contribution in [0.4, 0.5) is 0 Å². The van der Waals surface area contributed by atoms with Gasteiger partial charge in [0.15, 0.2) is 0 Å². The summed E-state index contributed by atoms with van der Waals surface area (Å²) in [5.41, 5.74) is 0. The summed E-state index contributed by atoms with van der Waals surface area (Å²) in [5.74, 6) is -0.425. The van der Waals surface area contributed by atoms with Crippen LogP contribution in [0.3, 0.4) is 0 Å². The second-order valence-electron chi connectivity index (χ2n) is 4.87. The van der Waals surface area contributed by atoms with Crippen molar-refractivity contribution in [3.8, 4) is 0 Å². The normalized spacial score (nSPS) is 26.1. The summed E-state index contributed by atoms with van der Waals surface area (Å²) in [6, 6.07) is 0. The third-order valence-electron chi connectivity index (χ3n) is 3.59. The van der Waals surface area contributed by atoms with Crippen LogP contribution in [0, 0.1) is 5.92 Å². The lowest BCUT2D eigenvalue weighted by Gasteiger charge is -2.32. The second-order valence-corrected chi connectivity index (χ2v) is 4.87. The van der Waals surface area contributed by atoms with E-state index in [-0.39, 0.29) is 24.3 Å². The number of hydrogen-bond donors (Lipinski definition) is 1. The first kappa shape index (κ1) is 12.4. The van der Waals surface area contributed by atoms with Crippen LogP contribution in [-0.4, -0.2) is 47.7 Å². The third kappa shape index (κ3) is 3.19. The zero-order valence-electron chi connectivity index (χ0n) is 9.93. The fraction of sp³-hybridized carbons (Fsp3) is 0.833. The van der Waals surface area contributed by atoms with Gasteiger partial charge in [0.05, 0.1) is 0 Å². The lowest BCUT2D eigenvalue weighted by molar-refractivity contribution is -0.143. The molecule has 0 aromatic carbocycles. The van der Waals surface area contributed by atoms with Gasteiger partial charge in [-0.25, -0.2) is 0 Å². The molecule has 17 heavy (non-hydrogen) atoms. The molecule has 0 spiro atoms. The Balaban J connectivity index is 1.78. The zero-order chi connectivity index (χ0) is 12.3. The van der Waals surface area contributed by atoms with Crippen LogP contribution in [0.2, 0.25) is 0 Å². The Bertz CT molecular complexity index is 291. The van der Waals surface area contributed by atoms with Gasteiger partial charge in [0.2, 0.25) is 0 Å². The molecule has 2 fully saturated rings. The van der Waals surface area contributed by atoms with E-state index in [1.165, 1.54) is 0 Å². The van der Waals surface area contributed by atoms with Gasteiger partial charge in [-0.1, -0.05) is 0 Å². The summed E-state index contributed by atoms with van der Waals surface area (Å²) < 4.78 is 5.37. The molecule has 2 aliphatic heterocycles. The van der Waals surface area contributed by atoms with Crippen LogP contribution in [0.1, 0.15) is 32.1 Å². The van der Waals surface area contributed by atoms with Crippen molar-refractivity contribution in [3.05, 3.63) is 0 Å². The van der Waals surface area contributed by atoms with Gasteiger partial charge in [-0.15, -0.1) is 0 Å². The Hall–Kier alpha value is -1.10. The van der Waals surface area contributed by atoms with Crippen LogP contribution >= 0.6 is 0 Å². The first-order valence-corrected chi connectivity index (χ1v) is 6.29. The van der Waals surface area contributed by atoms with E-state index in [0.29, 0.717) is 19.7 Å². The van der Waals surface area contributed by atoms with Crippen molar-refractivity contribution in [2.45, 2.75) is 38.2 Å². The van der Waals surface area contributed by atoms with Crippen LogP contribution < -0.4 is 0 Å². The van der Waals surface area contributed by atoms with Crippen LogP contribution in [0.25, 0.3) is 0 Å². The van der Waals surface area contributed by atoms with Crippen molar-refractivity contribution >= 4 is 11.9 Å². The van der Waals surface area contributed by atoms with E-state index in [2.05, 4.69) is 0 Å². The van der Waals surface area contributed by atoms with Crippen molar-refractivity contribution in [1.82, 2.24) is 4.90 Å². The summed E-state index contributed by atoms with van der Waals surface area (Å²) in [7, 11) is 0. The molecule has 2 saturated heterocycles. The molecule has 1 N–H and O–H groups in total. The first-order chi connectivity index (χ1) is 8.16. The molecule has 0 radical (unpaired) electrons. The summed E-state index contributed by atoms with van der Waals surface area (Å²) in [6.45, 7) is 2.04. The predicted octanol–water partition coefficient (Wildman–Crippen LogP) is 0.879. The van der Waals surface area contributed by atoms with Gasteiger partial charge < -0.3 is 14.7 Å². The topological polar surface area (TPSA) is 66.8 Å². The molecule has 0 aromatic rings. The Morgan fingerprint density at radius 3 is 2.47 bits per heavy atom. The number of piperidine rings is 1. The number of likely N-dealkylation sites (tertiary alicyclic amines) is 1. The molecule has 5 heteroatoms. The Kier molecular flexibility index (Phi) is 3.99. The summed E-state index contributed by atoms with van der Waals surface area (Å²) in [5, 5.41) is 8.71. The highest BCUT2D eigenvalue weighted by Gasteiger charge is 2.31. The van der Waals surface area contributed by atoms with Gasteiger partial charge in [0.25, 0.3) is 5.91 Å². The van der Waals surface area contributed by atoms with E-state index >= 15 is 0 Å². The monoisotopic (exact) mass is 241 g/mol. The van der Waals surface area contributed by atoms with Crippen LogP contribution in [0.15, 0.2) is 0 Å². The van der Waals surface area contributed by atoms with E-state index in [1.807, 2.05) is 4.90 Å². The number of carboxylic acid groups (broad SMARTS) is 1. The molecule has 5 nitrogen and oxygen atoms in total. The highest BCUT2D eigenvalue weighted by molar-refractivity contribution is 5.81. The van der Waals surface area contributed by atoms with Gasteiger partial charge in [0.1, 0.15) is 6.10 Å². The number of carboxylic acids is 1. The highest BCUT2D eigenvalue weighted by Crippen LogP contribution is 2.23. The molecule has 0 unspecified atom stereocenters. The number of aliphatic carboxylic acids is 1. The SMILES string of the molecule is O=C(O)CC1CCN(C(=O)[C@H]2CCCO2)CC1. The van der Waals surface area contributed by atoms with E-state index < -0.39 is 5.97 Å². The third-order valence-corrected chi connectivity index (χ3v) is 3.59. The van der Waals surface area contributed by atoms with Crippen LogP contribution in [0.5, 0.6) is 0 Å². The van der Waals surface area contributed by atoms with E-state index in [4.69, 9.17) is 9.84 Å². The number of carbonyl (C=O) groups is 2. The zero-order valence-corrected chi connectivity index (χ0v) is 9.93. The van der Waals surface area contributed by atoms with Crippen molar-refractivity contribution in [1.29, 1.82) is 0 Å². The molecule has 0 aromatic heterocycles. The smallest absolute Gasteiger partial charge is 0.303 e. The van der Waals surface area contributed by atoms with E-state index in [9.17, 15) is 9.59 Å². The fourth-order valence-corrected chi connectivity index (χ4v) is 2.58. The van der Waals surface area contributed by atoms with Crippen molar-refractivity contribution < 1.29 is 19.4 Å². The van der Waals surface area contributed by atoms with Gasteiger partial charge in [-0.2, -0.15) is 0 Å². The van der Waals surface area contributed by atoms with Crippen molar-refractivity contribution in [3.63, 3.8) is 0 Å². The average molecular weight is 241 g/mol. The van der Waals surface area contributed by atoms with Crippen molar-refractivity contribution in [2.75, 3.05) is 19.7 Å². The highest BCUT2D eigenvalue weighted by atomic mass is 16.5. The molecule has 2 aliphatic rings. The fourth-order valence-electron chi connectivity index (χ4n) is 2.58. The number of amides is 1. The minimum Gasteiger partial charge on any atom is -0.481 e. The molecular weight excluding hydrogens is 222 g/mol. The maximum atomic E-state index is 12.0.